The molecule has 0 spiro atoms. The molecule has 2 heterocycles. The van der Waals surface area contributed by atoms with Crippen LogP contribution in [0.15, 0.2) is 24.4 Å². The first-order valence-electron chi connectivity index (χ1n) is 7.92. The van der Waals surface area contributed by atoms with Crippen molar-refractivity contribution in [3.05, 3.63) is 24.4 Å². The summed E-state index contributed by atoms with van der Waals surface area (Å²) in [4.78, 5) is 9.38. The number of nitrogens with two attached hydrogens (primary N) is 1. The van der Waals surface area contributed by atoms with Crippen LogP contribution in [0.1, 0.15) is 26.2 Å². The lowest BCUT2D eigenvalue weighted by molar-refractivity contribution is 0.216. The number of anilines is 1. The Hall–Kier alpha value is -1.13. The van der Waals surface area contributed by atoms with E-state index in [0.29, 0.717) is 0 Å². The Morgan fingerprint density at radius 3 is 2.70 bits per heavy atom. The maximum atomic E-state index is 5.70. The Labute approximate surface area is 123 Å². The lowest BCUT2D eigenvalue weighted by Crippen LogP contribution is -2.40. The molecular weight excluding hydrogens is 248 g/mol. The Kier molecular flexibility index (Phi) is 6.27. The van der Waals surface area contributed by atoms with E-state index in [-0.39, 0.29) is 0 Å². The molecule has 112 valence electrons. The monoisotopic (exact) mass is 276 g/mol. The lowest BCUT2D eigenvalue weighted by atomic mass is 9.96. The SMILES string of the molecule is CCCN(CCN)CC1CCN(c2ccccn2)CC1. The van der Waals surface area contributed by atoms with Crippen molar-refractivity contribution in [2.75, 3.05) is 44.2 Å². The molecule has 1 aromatic rings. The molecule has 2 rings (SSSR count). The van der Waals surface area contributed by atoms with Gasteiger partial charge in [-0.3, -0.25) is 0 Å². The van der Waals surface area contributed by atoms with E-state index in [1.54, 1.807) is 0 Å². The normalized spacial score (nSPS) is 16.9. The highest BCUT2D eigenvalue weighted by Crippen LogP contribution is 2.22. The molecule has 0 aromatic carbocycles. The molecule has 0 saturated carbocycles. The largest absolute Gasteiger partial charge is 0.357 e. The van der Waals surface area contributed by atoms with Crippen LogP contribution in [-0.2, 0) is 0 Å². The van der Waals surface area contributed by atoms with Crippen LogP contribution in [-0.4, -0.2) is 49.2 Å². The van der Waals surface area contributed by atoms with Crippen molar-refractivity contribution < 1.29 is 0 Å². The highest BCUT2D eigenvalue weighted by molar-refractivity contribution is 5.37. The van der Waals surface area contributed by atoms with Crippen LogP contribution in [0.2, 0.25) is 0 Å². The smallest absolute Gasteiger partial charge is 0.128 e. The molecule has 4 nitrogen and oxygen atoms in total. The fraction of sp³-hybridized carbons (Fsp3) is 0.688. The molecule has 0 unspecified atom stereocenters. The highest BCUT2D eigenvalue weighted by Gasteiger charge is 2.21. The van der Waals surface area contributed by atoms with Crippen molar-refractivity contribution in [2.45, 2.75) is 26.2 Å². The predicted octanol–water partition coefficient (Wildman–Crippen LogP) is 1.97. The molecule has 0 bridgehead atoms. The zero-order valence-electron chi connectivity index (χ0n) is 12.7. The van der Waals surface area contributed by atoms with Crippen LogP contribution in [0.3, 0.4) is 0 Å². The van der Waals surface area contributed by atoms with Gasteiger partial charge in [0, 0.05) is 38.9 Å². The molecule has 1 saturated heterocycles. The Balaban J connectivity index is 1.79. The van der Waals surface area contributed by atoms with Crippen LogP contribution < -0.4 is 10.6 Å². The van der Waals surface area contributed by atoms with Crippen molar-refractivity contribution in [3.8, 4) is 0 Å². The van der Waals surface area contributed by atoms with E-state index >= 15 is 0 Å². The maximum absolute atomic E-state index is 5.70. The minimum absolute atomic E-state index is 0.771. The molecular formula is C16H28N4. The van der Waals surface area contributed by atoms with E-state index < -0.39 is 0 Å². The number of rotatable bonds is 7. The van der Waals surface area contributed by atoms with E-state index in [0.717, 1.165) is 37.9 Å². The standard InChI is InChI=1S/C16H28N4/c1-2-10-19(13-8-17)14-15-6-11-20(12-7-15)16-5-3-4-9-18-16/h3-5,9,15H,2,6-8,10-14,17H2,1H3. The van der Waals surface area contributed by atoms with Crippen molar-refractivity contribution in [2.24, 2.45) is 11.7 Å². The van der Waals surface area contributed by atoms with Gasteiger partial charge >= 0.3 is 0 Å². The van der Waals surface area contributed by atoms with Crippen molar-refractivity contribution in [3.63, 3.8) is 0 Å². The van der Waals surface area contributed by atoms with E-state index in [1.165, 1.54) is 32.4 Å². The van der Waals surface area contributed by atoms with Crippen LogP contribution in [0, 0.1) is 5.92 Å². The number of piperidine rings is 1. The van der Waals surface area contributed by atoms with Crippen LogP contribution >= 0.6 is 0 Å². The molecule has 2 N–H and O–H groups in total. The van der Waals surface area contributed by atoms with Gasteiger partial charge in [-0.1, -0.05) is 13.0 Å². The summed E-state index contributed by atoms with van der Waals surface area (Å²) in [5.41, 5.74) is 5.70. The van der Waals surface area contributed by atoms with Gasteiger partial charge in [-0.2, -0.15) is 0 Å². The molecule has 1 aromatic heterocycles. The Morgan fingerprint density at radius 1 is 1.30 bits per heavy atom. The average molecular weight is 276 g/mol. The molecule has 20 heavy (non-hydrogen) atoms. The first-order chi connectivity index (χ1) is 9.83. The second-order valence-electron chi connectivity index (χ2n) is 5.71. The van der Waals surface area contributed by atoms with Crippen LogP contribution in [0.5, 0.6) is 0 Å². The third-order valence-corrected chi connectivity index (χ3v) is 4.09. The average Bonchev–Trinajstić information content (AvgIpc) is 2.49. The predicted molar refractivity (Wildman–Crippen MR) is 85.0 cm³/mol. The molecule has 1 fully saturated rings. The summed E-state index contributed by atoms with van der Waals surface area (Å²) in [5.74, 6) is 1.94. The summed E-state index contributed by atoms with van der Waals surface area (Å²) < 4.78 is 0. The molecule has 0 aliphatic carbocycles. The second-order valence-corrected chi connectivity index (χ2v) is 5.71. The summed E-state index contributed by atoms with van der Waals surface area (Å²) in [5, 5.41) is 0. The number of hydrogen-bond donors (Lipinski definition) is 1. The Morgan fingerprint density at radius 2 is 2.10 bits per heavy atom. The minimum atomic E-state index is 0.771. The van der Waals surface area contributed by atoms with Gasteiger partial charge in [0.05, 0.1) is 0 Å². The number of aromatic nitrogens is 1. The van der Waals surface area contributed by atoms with Gasteiger partial charge in [0.2, 0.25) is 0 Å². The zero-order chi connectivity index (χ0) is 14.2. The van der Waals surface area contributed by atoms with Gasteiger partial charge in [0.1, 0.15) is 5.82 Å². The zero-order valence-corrected chi connectivity index (χ0v) is 12.7. The van der Waals surface area contributed by atoms with Crippen LogP contribution in [0.25, 0.3) is 0 Å². The minimum Gasteiger partial charge on any atom is -0.357 e. The summed E-state index contributed by atoms with van der Waals surface area (Å²) >= 11 is 0. The number of nitrogens with zero attached hydrogens (tertiary/aromatic N) is 3. The van der Waals surface area contributed by atoms with Gasteiger partial charge in [-0.15, -0.1) is 0 Å². The summed E-state index contributed by atoms with van der Waals surface area (Å²) in [6, 6.07) is 6.16. The van der Waals surface area contributed by atoms with E-state index in [2.05, 4.69) is 33.8 Å². The first-order valence-corrected chi connectivity index (χ1v) is 7.92. The van der Waals surface area contributed by atoms with Gasteiger partial charge < -0.3 is 15.5 Å². The lowest BCUT2D eigenvalue weighted by Gasteiger charge is -2.35. The van der Waals surface area contributed by atoms with Crippen molar-refractivity contribution in [1.82, 2.24) is 9.88 Å². The van der Waals surface area contributed by atoms with E-state index in [9.17, 15) is 0 Å². The fourth-order valence-corrected chi connectivity index (χ4v) is 3.04. The molecule has 0 amide bonds. The van der Waals surface area contributed by atoms with Gasteiger partial charge in [0.25, 0.3) is 0 Å². The highest BCUT2D eigenvalue weighted by atomic mass is 15.2. The fourth-order valence-electron chi connectivity index (χ4n) is 3.04. The third-order valence-electron chi connectivity index (χ3n) is 4.09. The van der Waals surface area contributed by atoms with Gasteiger partial charge in [-0.05, 0) is 43.9 Å². The molecule has 0 radical (unpaired) electrons. The second kappa shape index (κ2) is 8.22. The molecule has 1 aliphatic heterocycles. The Bertz CT molecular complexity index is 354. The molecule has 1 aliphatic rings. The maximum Gasteiger partial charge on any atom is 0.128 e. The van der Waals surface area contributed by atoms with Crippen LogP contribution in [0.4, 0.5) is 5.82 Å². The third kappa shape index (κ3) is 4.46. The van der Waals surface area contributed by atoms with E-state index in [4.69, 9.17) is 5.73 Å². The summed E-state index contributed by atoms with van der Waals surface area (Å²) in [7, 11) is 0. The summed E-state index contributed by atoms with van der Waals surface area (Å²) in [6.07, 6.45) is 5.63. The topological polar surface area (TPSA) is 45.4 Å². The first kappa shape index (κ1) is 15.3. The summed E-state index contributed by atoms with van der Waals surface area (Å²) in [6.45, 7) is 8.70. The van der Waals surface area contributed by atoms with Crippen molar-refractivity contribution >= 4 is 5.82 Å². The van der Waals surface area contributed by atoms with Crippen molar-refractivity contribution in [1.29, 1.82) is 0 Å². The number of pyridine rings is 1. The molecule has 0 atom stereocenters. The van der Waals surface area contributed by atoms with Gasteiger partial charge in [0.15, 0.2) is 0 Å². The van der Waals surface area contributed by atoms with E-state index in [1.807, 2.05) is 12.3 Å². The van der Waals surface area contributed by atoms with Gasteiger partial charge in [-0.25, -0.2) is 4.98 Å². The molecule has 4 heteroatoms. The number of hydrogen-bond acceptors (Lipinski definition) is 4. The quantitative estimate of drug-likeness (QED) is 0.827.